The van der Waals surface area contributed by atoms with E-state index in [-0.39, 0.29) is 4.47 Å². The first kappa shape index (κ1) is 14.9. The molecule has 1 aromatic heterocycles. The number of hydrogen-bond donors (Lipinski definition) is 0. The van der Waals surface area contributed by atoms with E-state index >= 15 is 0 Å². The van der Waals surface area contributed by atoms with E-state index in [0.29, 0.717) is 11.8 Å². The van der Waals surface area contributed by atoms with Crippen LogP contribution in [0.1, 0.15) is 0 Å². The van der Waals surface area contributed by atoms with Gasteiger partial charge in [-0.2, -0.15) is 0 Å². The molecule has 0 aliphatic rings. The van der Waals surface area contributed by atoms with Crippen molar-refractivity contribution in [3.63, 3.8) is 0 Å². The lowest BCUT2D eigenvalue weighted by atomic mass is 10.3. The maximum atomic E-state index is 13.8. The van der Waals surface area contributed by atoms with Crippen LogP contribution in [0.4, 0.5) is 14.5 Å². The molecule has 0 saturated carbocycles. The highest BCUT2D eigenvalue weighted by Gasteiger charge is 2.28. The molecule has 0 spiro atoms. The van der Waals surface area contributed by atoms with Crippen LogP contribution in [0.3, 0.4) is 0 Å². The zero-order valence-corrected chi connectivity index (χ0v) is 12.6. The van der Waals surface area contributed by atoms with Crippen molar-refractivity contribution >= 4 is 31.6 Å². The second kappa shape index (κ2) is 5.45. The molecule has 0 N–H and O–H groups in total. The molecule has 0 aliphatic heterocycles. The Morgan fingerprint density at radius 1 is 1.20 bits per heavy atom. The van der Waals surface area contributed by atoms with Crippen molar-refractivity contribution < 1.29 is 17.2 Å². The summed E-state index contributed by atoms with van der Waals surface area (Å²) in [5.74, 6) is -2.02. The summed E-state index contributed by atoms with van der Waals surface area (Å²) in [6.07, 6.45) is 2.83. The van der Waals surface area contributed by atoms with Gasteiger partial charge in [0.05, 0.1) is 5.69 Å². The molecule has 0 atom stereocenters. The Hall–Kier alpha value is -1.54. The highest BCUT2D eigenvalue weighted by Crippen LogP contribution is 2.30. The molecule has 0 fully saturated rings. The fraction of sp³-hybridized carbons (Fsp3) is 0.0833. The summed E-state index contributed by atoms with van der Waals surface area (Å²) in [6, 6.07) is 4.36. The molecule has 2 rings (SSSR count). The molecule has 0 radical (unpaired) electrons. The minimum atomic E-state index is -4.15. The molecule has 0 aliphatic carbocycles. The molecule has 0 unspecified atom stereocenters. The van der Waals surface area contributed by atoms with E-state index in [4.69, 9.17) is 0 Å². The van der Waals surface area contributed by atoms with Gasteiger partial charge in [-0.1, -0.05) is 0 Å². The quantitative estimate of drug-likeness (QED) is 0.843. The predicted octanol–water partition coefficient (Wildman–Crippen LogP) is 2.95. The summed E-state index contributed by atoms with van der Waals surface area (Å²) >= 11 is 2.88. The molecular weight excluding hydrogens is 354 g/mol. The summed E-state index contributed by atoms with van der Waals surface area (Å²) in [6.45, 7) is 0. The van der Waals surface area contributed by atoms with Gasteiger partial charge >= 0.3 is 0 Å². The maximum absolute atomic E-state index is 13.8. The fourth-order valence-corrected chi connectivity index (χ4v) is 3.91. The van der Waals surface area contributed by atoms with Crippen LogP contribution in [-0.2, 0) is 10.0 Å². The number of pyridine rings is 1. The number of halogens is 3. The molecule has 2 aromatic rings. The third-order valence-corrected chi connectivity index (χ3v) is 5.36. The second-order valence-corrected chi connectivity index (χ2v) is 6.64. The third-order valence-electron chi connectivity index (χ3n) is 2.61. The van der Waals surface area contributed by atoms with Gasteiger partial charge in [0.1, 0.15) is 16.5 Å². The second-order valence-electron chi connectivity index (χ2n) is 3.88. The molecule has 4 nitrogen and oxygen atoms in total. The lowest BCUT2D eigenvalue weighted by molar-refractivity contribution is 0.546. The number of nitrogens with zero attached hydrogens (tertiary/aromatic N) is 2. The van der Waals surface area contributed by atoms with E-state index in [1.54, 1.807) is 0 Å². The summed E-state index contributed by atoms with van der Waals surface area (Å²) < 4.78 is 52.4. The van der Waals surface area contributed by atoms with Gasteiger partial charge in [0.2, 0.25) is 0 Å². The van der Waals surface area contributed by atoms with Crippen LogP contribution in [0, 0.1) is 11.6 Å². The van der Waals surface area contributed by atoms with Crippen molar-refractivity contribution in [1.29, 1.82) is 0 Å². The molecule has 20 heavy (non-hydrogen) atoms. The largest absolute Gasteiger partial charge is 0.269 e. The first-order valence-electron chi connectivity index (χ1n) is 5.37. The SMILES string of the molecule is CN(c1ccncc1)S(=O)(=O)c1c(F)cc(F)cc1Br. The monoisotopic (exact) mass is 362 g/mol. The lowest BCUT2D eigenvalue weighted by Crippen LogP contribution is -2.27. The lowest BCUT2D eigenvalue weighted by Gasteiger charge is -2.20. The number of aromatic nitrogens is 1. The summed E-state index contributed by atoms with van der Waals surface area (Å²) in [5, 5.41) is 0. The Morgan fingerprint density at radius 2 is 1.80 bits per heavy atom. The zero-order valence-electron chi connectivity index (χ0n) is 10.2. The van der Waals surface area contributed by atoms with E-state index < -0.39 is 26.6 Å². The Balaban J connectivity index is 2.57. The normalized spacial score (nSPS) is 11.4. The first-order valence-corrected chi connectivity index (χ1v) is 7.61. The van der Waals surface area contributed by atoms with Crippen molar-refractivity contribution in [3.8, 4) is 0 Å². The topological polar surface area (TPSA) is 50.3 Å². The van der Waals surface area contributed by atoms with E-state index in [0.717, 1.165) is 10.4 Å². The van der Waals surface area contributed by atoms with Crippen molar-refractivity contribution in [2.24, 2.45) is 0 Å². The van der Waals surface area contributed by atoms with Gasteiger partial charge in [0.15, 0.2) is 0 Å². The fourth-order valence-electron chi connectivity index (χ4n) is 1.61. The van der Waals surface area contributed by atoms with E-state index in [2.05, 4.69) is 20.9 Å². The van der Waals surface area contributed by atoms with E-state index in [9.17, 15) is 17.2 Å². The molecule has 1 aromatic carbocycles. The molecule has 106 valence electrons. The van der Waals surface area contributed by atoms with Crippen LogP contribution in [0.25, 0.3) is 0 Å². The van der Waals surface area contributed by atoms with E-state index in [1.165, 1.54) is 31.6 Å². The molecule has 0 saturated heterocycles. The smallest absolute Gasteiger partial charge is 0.268 e. The van der Waals surface area contributed by atoms with E-state index in [1.807, 2.05) is 0 Å². The number of rotatable bonds is 3. The number of benzene rings is 1. The first-order chi connectivity index (χ1) is 9.34. The highest BCUT2D eigenvalue weighted by molar-refractivity contribution is 9.10. The van der Waals surface area contributed by atoms with Gasteiger partial charge in [-0.15, -0.1) is 0 Å². The van der Waals surface area contributed by atoms with Crippen molar-refractivity contribution in [2.75, 3.05) is 11.4 Å². The van der Waals surface area contributed by atoms with Gasteiger partial charge in [0, 0.05) is 30.0 Å². The van der Waals surface area contributed by atoms with Gasteiger partial charge < -0.3 is 0 Å². The number of sulfonamides is 1. The average molecular weight is 363 g/mol. The van der Waals surface area contributed by atoms with Crippen molar-refractivity contribution in [3.05, 3.63) is 52.8 Å². The van der Waals surface area contributed by atoms with Crippen LogP contribution >= 0.6 is 15.9 Å². The van der Waals surface area contributed by atoms with Crippen LogP contribution in [0.15, 0.2) is 46.0 Å². The Labute approximate surface area is 123 Å². The zero-order chi connectivity index (χ0) is 14.9. The van der Waals surface area contributed by atoms with Crippen LogP contribution < -0.4 is 4.31 Å². The molecular formula is C12H9BrF2N2O2S. The standard InChI is InChI=1S/C12H9BrF2N2O2S/c1-17(9-2-4-16-5-3-9)20(18,19)12-10(13)6-8(14)7-11(12)15/h2-7H,1H3. The number of anilines is 1. The van der Waals surface area contributed by atoms with Gasteiger partial charge in [0.25, 0.3) is 10.0 Å². The van der Waals surface area contributed by atoms with Gasteiger partial charge in [-0.3, -0.25) is 9.29 Å². The summed E-state index contributed by atoms with van der Waals surface area (Å²) in [5.41, 5.74) is 0.315. The molecule has 0 amide bonds. The van der Waals surface area contributed by atoms with Crippen LogP contribution in [0.5, 0.6) is 0 Å². The Bertz CT molecular complexity index is 715. The molecule has 0 bridgehead atoms. The third kappa shape index (κ3) is 2.66. The summed E-state index contributed by atoms with van der Waals surface area (Å²) in [4.78, 5) is 3.16. The molecule has 1 heterocycles. The minimum absolute atomic E-state index is 0.170. The minimum Gasteiger partial charge on any atom is -0.269 e. The Morgan fingerprint density at radius 3 is 2.35 bits per heavy atom. The van der Waals surface area contributed by atoms with Gasteiger partial charge in [-0.25, -0.2) is 17.2 Å². The van der Waals surface area contributed by atoms with Crippen molar-refractivity contribution in [2.45, 2.75) is 4.90 Å². The average Bonchev–Trinajstić information content (AvgIpc) is 2.37. The van der Waals surface area contributed by atoms with Crippen molar-refractivity contribution in [1.82, 2.24) is 4.98 Å². The molecule has 8 heteroatoms. The predicted molar refractivity (Wildman–Crippen MR) is 73.9 cm³/mol. The van der Waals surface area contributed by atoms with Crippen LogP contribution in [0.2, 0.25) is 0 Å². The maximum Gasteiger partial charge on any atom is 0.268 e. The summed E-state index contributed by atoms with van der Waals surface area (Å²) in [7, 11) is -2.88. The highest BCUT2D eigenvalue weighted by atomic mass is 79.9. The Kier molecular flexibility index (Phi) is 4.05. The number of hydrogen-bond acceptors (Lipinski definition) is 3. The van der Waals surface area contributed by atoms with Crippen LogP contribution in [-0.4, -0.2) is 20.4 Å². The van der Waals surface area contributed by atoms with Gasteiger partial charge in [-0.05, 0) is 34.1 Å².